The molecule has 4 aromatic rings. The number of hydrogen-bond donors (Lipinski definition) is 0. The van der Waals surface area contributed by atoms with Crippen LogP contribution in [0.1, 0.15) is 17.5 Å². The Kier molecular flexibility index (Phi) is 5.94. The number of nitrogens with zero attached hydrogens (tertiary/aromatic N) is 3. The van der Waals surface area contributed by atoms with Crippen molar-refractivity contribution in [3.8, 4) is 0 Å². The van der Waals surface area contributed by atoms with Crippen molar-refractivity contribution in [2.75, 3.05) is 11.9 Å². The van der Waals surface area contributed by atoms with Gasteiger partial charge < -0.3 is 4.90 Å². The lowest BCUT2D eigenvalue weighted by Crippen LogP contribution is -2.36. The summed E-state index contributed by atoms with van der Waals surface area (Å²) in [7, 11) is 1.71. The minimum atomic E-state index is -0.630. The Labute approximate surface area is 201 Å². The van der Waals surface area contributed by atoms with Crippen molar-refractivity contribution in [3.05, 3.63) is 95.8 Å². The molecule has 0 radical (unpaired) electrons. The molecular formula is C24H20F2N3OS3+. The van der Waals surface area contributed by atoms with Crippen molar-refractivity contribution in [1.82, 2.24) is 4.57 Å². The first-order chi connectivity index (χ1) is 16.0. The fraction of sp³-hybridized carbons (Fsp3) is 0.167. The monoisotopic (exact) mass is 500 g/mol. The summed E-state index contributed by atoms with van der Waals surface area (Å²) in [6.07, 6.45) is 4.07. The minimum Gasteiger partial charge on any atom is -0.334 e. The molecule has 0 bridgehead atoms. The Hall–Kier alpha value is -2.75. The Morgan fingerprint density at radius 3 is 2.70 bits per heavy atom. The Morgan fingerprint density at radius 1 is 1.15 bits per heavy atom. The maximum Gasteiger partial charge on any atom is 0.271 e. The Balaban J connectivity index is 1.62. The van der Waals surface area contributed by atoms with Crippen molar-refractivity contribution < 1.29 is 13.3 Å². The van der Waals surface area contributed by atoms with Crippen molar-refractivity contribution in [2.45, 2.75) is 24.9 Å². The fourth-order valence-corrected chi connectivity index (χ4v) is 7.19. The van der Waals surface area contributed by atoms with Crippen LogP contribution in [0, 0.1) is 11.6 Å². The highest BCUT2D eigenvalue weighted by molar-refractivity contribution is 8.08. The third-order valence-corrected chi connectivity index (χ3v) is 8.72. The van der Waals surface area contributed by atoms with Gasteiger partial charge in [0.05, 0.1) is 17.1 Å². The van der Waals surface area contributed by atoms with Crippen LogP contribution in [0.25, 0.3) is 11.1 Å². The predicted octanol–water partition coefficient (Wildman–Crippen LogP) is 3.74. The molecule has 0 saturated carbocycles. The molecule has 5 rings (SSSR count). The number of rotatable bonds is 4. The van der Waals surface area contributed by atoms with Crippen molar-refractivity contribution in [3.63, 3.8) is 0 Å². The lowest BCUT2D eigenvalue weighted by molar-refractivity contribution is -0.685. The number of thiazole rings is 2. The number of benzene rings is 2. The third-order valence-electron chi connectivity index (χ3n) is 5.42. The molecule has 1 aliphatic heterocycles. The molecule has 0 aliphatic carbocycles. The predicted molar refractivity (Wildman–Crippen MR) is 131 cm³/mol. The summed E-state index contributed by atoms with van der Waals surface area (Å²) in [4.78, 5) is 15.4. The number of thioether (sulfide) groups is 1. The molecule has 0 atom stereocenters. The molecule has 0 N–H and O–H groups in total. The van der Waals surface area contributed by atoms with Crippen LogP contribution in [0.5, 0.6) is 0 Å². The molecular weight excluding hydrogens is 480 g/mol. The SMILES string of the molecule is CCn1c(=O)/c(=C2\Sc3cc(F)cc(F)c3N2C)s/c1=C\c1scc[n+]1Cc1ccccc1. The Bertz CT molecular complexity index is 1520. The van der Waals surface area contributed by atoms with Gasteiger partial charge in [-0.3, -0.25) is 9.36 Å². The number of fused-ring (bicyclic) bond motifs is 1. The van der Waals surface area contributed by atoms with Gasteiger partial charge >= 0.3 is 0 Å². The van der Waals surface area contributed by atoms with Gasteiger partial charge in [0.25, 0.3) is 10.6 Å². The molecule has 0 unspecified atom stereocenters. The number of hydrogen-bond acceptors (Lipinski definition) is 5. The summed E-state index contributed by atoms with van der Waals surface area (Å²) in [6.45, 7) is 3.19. The van der Waals surface area contributed by atoms with E-state index in [0.717, 1.165) is 22.3 Å². The first kappa shape index (κ1) is 22.1. The minimum absolute atomic E-state index is 0.122. The standard InChI is InChI=1S/C24H20F2N3OS3/c1-3-29-20(13-19-28(9-10-31-19)14-15-7-5-4-6-8-15)33-22(23(29)30)24-27(2)21-17(26)11-16(25)12-18(21)32-24/h4-13H,3,14H2,1-2H3/q+1/b24-22+. The molecule has 1 aliphatic rings. The lowest BCUT2D eigenvalue weighted by Gasteiger charge is -2.13. The van der Waals surface area contributed by atoms with E-state index in [1.807, 2.05) is 42.8 Å². The maximum absolute atomic E-state index is 14.4. The zero-order valence-electron chi connectivity index (χ0n) is 17.9. The van der Waals surface area contributed by atoms with E-state index >= 15 is 0 Å². The van der Waals surface area contributed by atoms with Crippen LogP contribution in [-0.2, 0) is 13.1 Å². The van der Waals surface area contributed by atoms with Gasteiger partial charge in [0, 0.05) is 30.1 Å². The first-order valence-electron chi connectivity index (χ1n) is 10.3. The highest BCUT2D eigenvalue weighted by atomic mass is 32.2. The molecule has 3 heterocycles. The summed E-state index contributed by atoms with van der Waals surface area (Å²) >= 11 is 4.22. The molecule has 2 aromatic carbocycles. The van der Waals surface area contributed by atoms with E-state index in [9.17, 15) is 13.6 Å². The second kappa shape index (κ2) is 8.89. The summed E-state index contributed by atoms with van der Waals surface area (Å²) in [5.41, 5.74) is 1.38. The van der Waals surface area contributed by atoms with Crippen molar-refractivity contribution in [2.24, 2.45) is 0 Å². The summed E-state index contributed by atoms with van der Waals surface area (Å²) in [5, 5.41) is 3.68. The lowest BCUT2D eigenvalue weighted by atomic mass is 10.2. The molecule has 33 heavy (non-hydrogen) atoms. The van der Waals surface area contributed by atoms with Crippen molar-refractivity contribution in [1.29, 1.82) is 0 Å². The zero-order valence-corrected chi connectivity index (χ0v) is 20.4. The topological polar surface area (TPSA) is 29.1 Å². The van der Waals surface area contributed by atoms with E-state index in [2.05, 4.69) is 16.7 Å². The van der Waals surface area contributed by atoms with Gasteiger partial charge in [0.1, 0.15) is 20.0 Å². The van der Waals surface area contributed by atoms with Gasteiger partial charge in [-0.05, 0) is 13.0 Å². The van der Waals surface area contributed by atoms with Crippen LogP contribution in [-0.4, -0.2) is 11.6 Å². The maximum atomic E-state index is 14.4. The summed E-state index contributed by atoms with van der Waals surface area (Å²) in [5.74, 6) is -1.25. The normalized spacial score (nSPS) is 15.4. The number of aromatic nitrogens is 2. The number of halogens is 2. The molecule has 4 nitrogen and oxygen atoms in total. The van der Waals surface area contributed by atoms with Crippen LogP contribution in [0.3, 0.4) is 0 Å². The van der Waals surface area contributed by atoms with Gasteiger partial charge in [0.2, 0.25) is 0 Å². The molecule has 9 heteroatoms. The summed E-state index contributed by atoms with van der Waals surface area (Å²) < 4.78 is 33.4. The van der Waals surface area contributed by atoms with E-state index in [-0.39, 0.29) is 5.56 Å². The van der Waals surface area contributed by atoms with Gasteiger partial charge in [-0.25, -0.2) is 8.78 Å². The van der Waals surface area contributed by atoms with E-state index in [1.165, 1.54) is 34.7 Å². The second-order valence-electron chi connectivity index (χ2n) is 7.52. The molecule has 2 aromatic heterocycles. The average molecular weight is 501 g/mol. The van der Waals surface area contributed by atoms with Crippen LogP contribution in [0.2, 0.25) is 0 Å². The second-order valence-corrected chi connectivity index (χ2v) is 10.5. The largest absolute Gasteiger partial charge is 0.334 e. The van der Waals surface area contributed by atoms with Gasteiger partial charge in [-0.1, -0.05) is 53.4 Å². The van der Waals surface area contributed by atoms with Gasteiger partial charge in [-0.2, -0.15) is 4.57 Å². The fourth-order valence-electron chi connectivity index (χ4n) is 3.83. The van der Waals surface area contributed by atoms with E-state index < -0.39 is 11.6 Å². The highest BCUT2D eigenvalue weighted by Gasteiger charge is 2.28. The molecule has 168 valence electrons. The van der Waals surface area contributed by atoms with Gasteiger partial charge in [-0.15, -0.1) is 11.3 Å². The Morgan fingerprint density at radius 2 is 1.94 bits per heavy atom. The molecule has 0 fully saturated rings. The van der Waals surface area contributed by atoms with E-state index in [0.29, 0.717) is 26.7 Å². The van der Waals surface area contributed by atoms with Crippen LogP contribution in [0.15, 0.2) is 63.7 Å². The smallest absolute Gasteiger partial charge is 0.271 e. The van der Waals surface area contributed by atoms with Crippen LogP contribution >= 0.6 is 34.4 Å². The van der Waals surface area contributed by atoms with Gasteiger partial charge in [0.15, 0.2) is 18.6 Å². The van der Waals surface area contributed by atoms with E-state index in [4.69, 9.17) is 0 Å². The molecule has 0 saturated heterocycles. The van der Waals surface area contributed by atoms with Crippen molar-refractivity contribution >= 4 is 51.2 Å². The van der Waals surface area contributed by atoms with Crippen LogP contribution < -0.4 is 24.2 Å². The molecule has 0 spiro atoms. The average Bonchev–Trinajstić information content (AvgIpc) is 3.45. The highest BCUT2D eigenvalue weighted by Crippen LogP contribution is 2.47. The quantitative estimate of drug-likeness (QED) is 0.400. The number of anilines is 1. The first-order valence-corrected chi connectivity index (χ1v) is 12.8. The van der Waals surface area contributed by atoms with E-state index in [1.54, 1.807) is 27.9 Å². The summed E-state index contributed by atoms with van der Waals surface area (Å²) in [6, 6.07) is 12.4. The zero-order chi connectivity index (χ0) is 23.1. The molecule has 0 amide bonds. The third kappa shape index (κ3) is 4.05. The van der Waals surface area contributed by atoms with Crippen LogP contribution in [0.4, 0.5) is 14.5 Å².